The summed E-state index contributed by atoms with van der Waals surface area (Å²) in [5.74, 6) is 2.42. The van der Waals surface area contributed by atoms with Gasteiger partial charge in [0, 0.05) is 42.7 Å². The molecule has 146 valence electrons. The molecule has 0 amide bonds. The zero-order valence-electron chi connectivity index (χ0n) is 15.8. The molecule has 1 N–H and O–H groups in total. The maximum atomic E-state index is 6.02. The lowest BCUT2D eigenvalue weighted by Gasteiger charge is -2.21. The first-order chi connectivity index (χ1) is 13.2. The van der Waals surface area contributed by atoms with E-state index in [1.807, 2.05) is 31.2 Å². The quantitative estimate of drug-likeness (QED) is 0.577. The lowest BCUT2D eigenvalue weighted by molar-refractivity contribution is 0.114. The van der Waals surface area contributed by atoms with Crippen molar-refractivity contribution in [3.63, 3.8) is 0 Å². The molecular formula is C19H26ClN5O2. The van der Waals surface area contributed by atoms with Crippen LogP contribution in [0.1, 0.15) is 26.2 Å². The Kier molecular flexibility index (Phi) is 7.06. The molecule has 0 radical (unpaired) electrons. The second-order valence-electron chi connectivity index (χ2n) is 6.45. The Bertz CT molecular complexity index is 764. The van der Waals surface area contributed by atoms with Gasteiger partial charge in [0.1, 0.15) is 6.54 Å². The van der Waals surface area contributed by atoms with Crippen molar-refractivity contribution in [3.05, 3.63) is 35.2 Å². The van der Waals surface area contributed by atoms with Gasteiger partial charge in [0.05, 0.1) is 6.61 Å². The third-order valence-corrected chi connectivity index (χ3v) is 4.63. The molecule has 1 aliphatic rings. The topological polar surface area (TPSA) is 75.8 Å². The maximum absolute atomic E-state index is 6.02. The average molecular weight is 392 g/mol. The normalized spacial score (nSPS) is 17.5. The van der Waals surface area contributed by atoms with E-state index in [1.165, 1.54) is 0 Å². The molecule has 1 atom stereocenters. The van der Waals surface area contributed by atoms with Crippen LogP contribution in [0.25, 0.3) is 11.4 Å². The van der Waals surface area contributed by atoms with E-state index in [4.69, 9.17) is 20.9 Å². The molecule has 0 bridgehead atoms. The van der Waals surface area contributed by atoms with E-state index in [0.717, 1.165) is 50.8 Å². The van der Waals surface area contributed by atoms with Gasteiger partial charge >= 0.3 is 0 Å². The molecule has 1 aliphatic heterocycles. The number of benzene rings is 1. The Morgan fingerprint density at radius 3 is 3.11 bits per heavy atom. The summed E-state index contributed by atoms with van der Waals surface area (Å²) in [6.45, 7) is 8.72. The van der Waals surface area contributed by atoms with Crippen LogP contribution in [0, 0.1) is 5.92 Å². The number of guanidine groups is 1. The number of aliphatic imine (C=N–C) groups is 1. The largest absolute Gasteiger partial charge is 0.381 e. The minimum atomic E-state index is 0.336. The molecular weight excluding hydrogens is 366 g/mol. The highest BCUT2D eigenvalue weighted by Crippen LogP contribution is 2.20. The summed E-state index contributed by atoms with van der Waals surface area (Å²) >= 11 is 6.02. The van der Waals surface area contributed by atoms with Gasteiger partial charge in [-0.2, -0.15) is 4.98 Å². The van der Waals surface area contributed by atoms with Gasteiger partial charge in [0.25, 0.3) is 0 Å². The maximum Gasteiger partial charge on any atom is 0.248 e. The molecule has 2 aromatic rings. The SMILES string of the molecule is CCNC(=NCc1nc(-c2cccc(Cl)c2)no1)N1CCC(COCC)C1. The molecule has 1 fully saturated rings. The van der Waals surface area contributed by atoms with E-state index >= 15 is 0 Å². The van der Waals surface area contributed by atoms with Gasteiger partial charge in [-0.25, -0.2) is 4.99 Å². The fourth-order valence-corrected chi connectivity index (χ4v) is 3.27. The summed E-state index contributed by atoms with van der Waals surface area (Å²) in [7, 11) is 0. The van der Waals surface area contributed by atoms with Gasteiger partial charge in [-0.05, 0) is 32.4 Å². The highest BCUT2D eigenvalue weighted by atomic mass is 35.5. The molecule has 1 saturated heterocycles. The minimum absolute atomic E-state index is 0.336. The predicted octanol–water partition coefficient (Wildman–Crippen LogP) is 3.21. The number of halogens is 1. The number of hydrogen-bond donors (Lipinski definition) is 1. The van der Waals surface area contributed by atoms with Crippen LogP contribution in [0.3, 0.4) is 0 Å². The number of rotatable bonds is 7. The van der Waals surface area contributed by atoms with Crippen LogP contribution < -0.4 is 5.32 Å². The van der Waals surface area contributed by atoms with Crippen molar-refractivity contribution in [3.8, 4) is 11.4 Å². The molecule has 8 heteroatoms. The molecule has 1 unspecified atom stereocenters. The Morgan fingerprint density at radius 1 is 1.44 bits per heavy atom. The van der Waals surface area contributed by atoms with Crippen LogP contribution >= 0.6 is 11.6 Å². The standard InChI is InChI=1S/C19H26ClN5O2/c1-3-21-19(25-9-8-14(12-25)13-26-4-2)22-11-17-23-18(24-27-17)15-6-5-7-16(20)10-15/h5-7,10,14H,3-4,8-9,11-13H2,1-2H3,(H,21,22). The van der Waals surface area contributed by atoms with Crippen molar-refractivity contribution >= 4 is 17.6 Å². The zero-order valence-corrected chi connectivity index (χ0v) is 16.6. The summed E-state index contributed by atoms with van der Waals surface area (Å²) in [5.41, 5.74) is 0.826. The van der Waals surface area contributed by atoms with E-state index in [0.29, 0.717) is 29.2 Å². The van der Waals surface area contributed by atoms with Gasteiger partial charge in [-0.15, -0.1) is 0 Å². The fraction of sp³-hybridized carbons (Fsp3) is 0.526. The van der Waals surface area contributed by atoms with Crippen molar-refractivity contribution in [1.29, 1.82) is 0 Å². The lowest BCUT2D eigenvalue weighted by atomic mass is 10.1. The molecule has 7 nitrogen and oxygen atoms in total. The van der Waals surface area contributed by atoms with Crippen molar-refractivity contribution < 1.29 is 9.26 Å². The van der Waals surface area contributed by atoms with Gasteiger partial charge in [0.15, 0.2) is 5.96 Å². The van der Waals surface area contributed by atoms with E-state index in [2.05, 4.69) is 32.3 Å². The number of nitrogens with zero attached hydrogens (tertiary/aromatic N) is 4. The van der Waals surface area contributed by atoms with E-state index in [1.54, 1.807) is 0 Å². The number of ether oxygens (including phenoxy) is 1. The van der Waals surface area contributed by atoms with Gasteiger partial charge in [-0.1, -0.05) is 28.9 Å². The minimum Gasteiger partial charge on any atom is -0.381 e. The Labute approximate surface area is 164 Å². The summed E-state index contributed by atoms with van der Waals surface area (Å²) < 4.78 is 10.9. The highest BCUT2D eigenvalue weighted by molar-refractivity contribution is 6.30. The molecule has 0 spiro atoms. The number of hydrogen-bond acceptors (Lipinski definition) is 5. The molecule has 0 saturated carbocycles. The van der Waals surface area contributed by atoms with Gasteiger partial charge in [-0.3, -0.25) is 0 Å². The third-order valence-electron chi connectivity index (χ3n) is 4.39. The Morgan fingerprint density at radius 2 is 2.33 bits per heavy atom. The summed E-state index contributed by atoms with van der Waals surface area (Å²) in [4.78, 5) is 11.4. The van der Waals surface area contributed by atoms with Crippen molar-refractivity contribution in [2.24, 2.45) is 10.9 Å². The van der Waals surface area contributed by atoms with Crippen molar-refractivity contribution in [2.75, 3.05) is 32.8 Å². The second-order valence-corrected chi connectivity index (χ2v) is 6.89. The molecule has 3 rings (SSSR count). The van der Waals surface area contributed by atoms with Crippen LogP contribution in [-0.2, 0) is 11.3 Å². The van der Waals surface area contributed by atoms with Crippen LogP contribution in [0.5, 0.6) is 0 Å². The van der Waals surface area contributed by atoms with Crippen LogP contribution in [0.15, 0.2) is 33.8 Å². The van der Waals surface area contributed by atoms with Gasteiger partial charge < -0.3 is 19.5 Å². The summed E-state index contributed by atoms with van der Waals surface area (Å²) in [6.07, 6.45) is 1.11. The molecule has 1 aromatic carbocycles. The van der Waals surface area contributed by atoms with Crippen LogP contribution in [0.4, 0.5) is 0 Å². The second kappa shape index (κ2) is 9.71. The summed E-state index contributed by atoms with van der Waals surface area (Å²) in [5, 5.41) is 8.02. The van der Waals surface area contributed by atoms with Crippen LogP contribution in [0.2, 0.25) is 5.02 Å². The number of likely N-dealkylation sites (tertiary alicyclic amines) is 1. The van der Waals surface area contributed by atoms with Crippen molar-refractivity contribution in [1.82, 2.24) is 20.4 Å². The predicted molar refractivity (Wildman–Crippen MR) is 106 cm³/mol. The van der Waals surface area contributed by atoms with E-state index in [-0.39, 0.29) is 0 Å². The first-order valence-electron chi connectivity index (χ1n) is 9.39. The number of aromatic nitrogens is 2. The van der Waals surface area contributed by atoms with Crippen molar-refractivity contribution in [2.45, 2.75) is 26.8 Å². The molecule has 27 heavy (non-hydrogen) atoms. The Hall–Kier alpha value is -2.12. The smallest absolute Gasteiger partial charge is 0.248 e. The van der Waals surface area contributed by atoms with Gasteiger partial charge in [0.2, 0.25) is 11.7 Å². The fourth-order valence-electron chi connectivity index (χ4n) is 3.08. The molecule has 2 heterocycles. The highest BCUT2D eigenvalue weighted by Gasteiger charge is 2.25. The average Bonchev–Trinajstić information content (AvgIpc) is 3.33. The lowest BCUT2D eigenvalue weighted by Crippen LogP contribution is -2.40. The molecule has 0 aliphatic carbocycles. The van der Waals surface area contributed by atoms with E-state index < -0.39 is 0 Å². The first kappa shape index (κ1) is 19.6. The summed E-state index contributed by atoms with van der Waals surface area (Å²) in [6, 6.07) is 7.39. The third kappa shape index (κ3) is 5.43. The van der Waals surface area contributed by atoms with E-state index in [9.17, 15) is 0 Å². The Balaban J connectivity index is 1.64. The monoisotopic (exact) mass is 391 g/mol. The number of nitrogens with one attached hydrogen (secondary N) is 1. The van der Waals surface area contributed by atoms with Crippen LogP contribution in [-0.4, -0.2) is 53.8 Å². The molecule has 1 aromatic heterocycles. The first-order valence-corrected chi connectivity index (χ1v) is 9.77. The zero-order chi connectivity index (χ0) is 19.1.